The van der Waals surface area contributed by atoms with E-state index in [4.69, 9.17) is 0 Å². The molecule has 0 aliphatic carbocycles. The third kappa shape index (κ3) is 2.57. The number of pyridine rings is 1. The Bertz CT molecular complexity index is 960. The minimum absolute atomic E-state index is 0.220. The van der Waals surface area contributed by atoms with E-state index in [-0.39, 0.29) is 4.90 Å². The van der Waals surface area contributed by atoms with Crippen LogP contribution >= 0.6 is 0 Å². The first-order chi connectivity index (χ1) is 11.7. The lowest BCUT2D eigenvalue weighted by molar-refractivity contribution is 0.346. The summed E-state index contributed by atoms with van der Waals surface area (Å²) in [6.45, 7) is 1.16. The predicted octanol–water partition coefficient (Wildman–Crippen LogP) is 1.99. The third-order valence-electron chi connectivity index (χ3n) is 4.24. The van der Waals surface area contributed by atoms with E-state index >= 15 is 0 Å². The van der Waals surface area contributed by atoms with E-state index in [0.717, 1.165) is 30.3 Å². The molecule has 24 heavy (non-hydrogen) atoms. The van der Waals surface area contributed by atoms with Gasteiger partial charge < -0.3 is 0 Å². The van der Waals surface area contributed by atoms with Crippen LogP contribution in [0, 0.1) is 0 Å². The first-order valence-corrected chi connectivity index (χ1v) is 9.37. The molecule has 1 fully saturated rings. The number of piperidine rings is 1. The molecule has 0 saturated carbocycles. The molecule has 8 heteroatoms. The highest BCUT2D eigenvalue weighted by Gasteiger charge is 2.26. The summed E-state index contributed by atoms with van der Waals surface area (Å²) in [6.07, 6.45) is 4.31. The molecule has 0 amide bonds. The maximum atomic E-state index is 12.6. The molecule has 3 aromatic rings. The summed E-state index contributed by atoms with van der Waals surface area (Å²) < 4.78 is 28.4. The lowest BCUT2D eigenvalue weighted by Gasteiger charge is -2.25. The van der Waals surface area contributed by atoms with Gasteiger partial charge in [0.05, 0.1) is 5.52 Å². The van der Waals surface area contributed by atoms with E-state index < -0.39 is 10.0 Å². The number of fused-ring (bicyclic) bond motifs is 1. The molecule has 1 aliphatic rings. The van der Waals surface area contributed by atoms with Crippen molar-refractivity contribution in [3.8, 4) is 5.82 Å². The van der Waals surface area contributed by atoms with Crippen LogP contribution in [-0.4, -0.2) is 45.8 Å². The van der Waals surface area contributed by atoms with Gasteiger partial charge in [-0.1, -0.05) is 23.8 Å². The molecule has 3 heterocycles. The number of rotatable bonds is 3. The Morgan fingerprint density at radius 3 is 2.50 bits per heavy atom. The zero-order valence-corrected chi connectivity index (χ0v) is 13.9. The van der Waals surface area contributed by atoms with E-state index in [1.54, 1.807) is 16.8 Å². The van der Waals surface area contributed by atoms with E-state index in [1.165, 1.54) is 10.5 Å². The molecule has 7 nitrogen and oxygen atoms in total. The minimum Gasteiger partial charge on any atom is -0.236 e. The maximum Gasteiger partial charge on any atom is 0.244 e. The van der Waals surface area contributed by atoms with Crippen LogP contribution in [-0.2, 0) is 10.0 Å². The average Bonchev–Trinajstić information content (AvgIpc) is 3.07. The Labute approximate surface area is 140 Å². The van der Waals surface area contributed by atoms with Crippen LogP contribution in [0.3, 0.4) is 0 Å². The lowest BCUT2D eigenvalue weighted by Crippen LogP contribution is -2.35. The summed E-state index contributed by atoms with van der Waals surface area (Å²) in [6, 6.07) is 10.8. The fourth-order valence-corrected chi connectivity index (χ4v) is 4.41. The van der Waals surface area contributed by atoms with Crippen molar-refractivity contribution < 1.29 is 8.42 Å². The van der Waals surface area contributed by atoms with Gasteiger partial charge in [0.15, 0.2) is 5.82 Å². The largest absolute Gasteiger partial charge is 0.244 e. The number of sulfonamides is 1. The number of hydrogen-bond donors (Lipinski definition) is 0. The molecule has 0 N–H and O–H groups in total. The zero-order valence-electron chi connectivity index (χ0n) is 13.0. The van der Waals surface area contributed by atoms with Crippen molar-refractivity contribution >= 4 is 21.1 Å². The molecule has 4 rings (SSSR count). The molecule has 2 aromatic heterocycles. The van der Waals surface area contributed by atoms with Gasteiger partial charge in [0.2, 0.25) is 10.0 Å². The number of nitrogens with zero attached hydrogens (tertiary/aromatic N) is 5. The third-order valence-corrected chi connectivity index (χ3v) is 6.12. The van der Waals surface area contributed by atoms with Gasteiger partial charge >= 0.3 is 0 Å². The van der Waals surface area contributed by atoms with Crippen molar-refractivity contribution in [2.45, 2.75) is 24.2 Å². The summed E-state index contributed by atoms with van der Waals surface area (Å²) >= 11 is 0. The molecule has 1 saturated heterocycles. The highest BCUT2D eigenvalue weighted by molar-refractivity contribution is 7.89. The molecule has 1 aliphatic heterocycles. The number of hydrogen-bond acceptors (Lipinski definition) is 5. The van der Waals surface area contributed by atoms with Crippen molar-refractivity contribution in [3.05, 3.63) is 42.6 Å². The predicted molar refractivity (Wildman–Crippen MR) is 89.3 cm³/mol. The van der Waals surface area contributed by atoms with Crippen LogP contribution in [0.5, 0.6) is 0 Å². The van der Waals surface area contributed by atoms with Gasteiger partial charge in [-0.15, -0.1) is 5.10 Å². The van der Waals surface area contributed by atoms with Gasteiger partial charge in [-0.2, -0.15) is 8.99 Å². The van der Waals surface area contributed by atoms with E-state index in [2.05, 4.69) is 15.3 Å². The van der Waals surface area contributed by atoms with Crippen molar-refractivity contribution in [1.82, 2.24) is 24.3 Å². The Kier molecular flexibility index (Phi) is 3.78. The van der Waals surface area contributed by atoms with Gasteiger partial charge in [-0.25, -0.2) is 13.4 Å². The Hall–Kier alpha value is -2.32. The maximum absolute atomic E-state index is 12.6. The summed E-state index contributed by atoms with van der Waals surface area (Å²) in [4.78, 5) is 4.51. The van der Waals surface area contributed by atoms with E-state index in [1.807, 2.05) is 24.3 Å². The van der Waals surface area contributed by atoms with Crippen LogP contribution in [0.4, 0.5) is 0 Å². The highest BCUT2D eigenvalue weighted by Crippen LogP contribution is 2.21. The van der Waals surface area contributed by atoms with Crippen molar-refractivity contribution in [3.63, 3.8) is 0 Å². The monoisotopic (exact) mass is 343 g/mol. The van der Waals surface area contributed by atoms with Crippen LogP contribution in [0.25, 0.3) is 16.9 Å². The Morgan fingerprint density at radius 2 is 1.75 bits per heavy atom. The Morgan fingerprint density at radius 1 is 0.958 bits per heavy atom. The van der Waals surface area contributed by atoms with Crippen LogP contribution < -0.4 is 0 Å². The minimum atomic E-state index is -3.46. The van der Waals surface area contributed by atoms with Crippen molar-refractivity contribution in [2.75, 3.05) is 13.1 Å². The van der Waals surface area contributed by atoms with Crippen LogP contribution in [0.1, 0.15) is 19.3 Å². The van der Waals surface area contributed by atoms with Crippen molar-refractivity contribution in [2.24, 2.45) is 0 Å². The van der Waals surface area contributed by atoms with Crippen LogP contribution in [0.15, 0.2) is 47.5 Å². The zero-order chi connectivity index (χ0) is 16.6. The van der Waals surface area contributed by atoms with E-state index in [9.17, 15) is 8.42 Å². The fourth-order valence-electron chi connectivity index (χ4n) is 2.94. The summed E-state index contributed by atoms with van der Waals surface area (Å²) in [5.74, 6) is 0.543. The van der Waals surface area contributed by atoms with Gasteiger partial charge in [0.25, 0.3) is 0 Å². The molecular weight excluding hydrogens is 326 g/mol. The molecule has 0 unspecified atom stereocenters. The second-order valence-corrected chi connectivity index (χ2v) is 7.74. The summed E-state index contributed by atoms with van der Waals surface area (Å²) in [5, 5.41) is 8.18. The average molecular weight is 343 g/mol. The standard InChI is InChI=1S/C16H17N5O2S/c22-24(23,20-10-4-1-5-11-20)13-8-9-16(17-12-13)21-15-7-3-2-6-14(15)18-19-21/h2-3,6-9,12H,1,4-5,10-11H2. The highest BCUT2D eigenvalue weighted by atomic mass is 32.2. The summed E-state index contributed by atoms with van der Waals surface area (Å²) in [5.41, 5.74) is 1.60. The summed E-state index contributed by atoms with van der Waals surface area (Å²) in [7, 11) is -3.46. The number of benzene rings is 1. The molecular formula is C16H17N5O2S. The quantitative estimate of drug-likeness (QED) is 0.726. The molecule has 124 valence electrons. The van der Waals surface area contributed by atoms with Gasteiger partial charge in [0.1, 0.15) is 10.4 Å². The first-order valence-electron chi connectivity index (χ1n) is 7.93. The molecule has 0 radical (unpaired) electrons. The molecule has 0 bridgehead atoms. The molecule has 0 spiro atoms. The molecule has 1 aromatic carbocycles. The van der Waals surface area contributed by atoms with Gasteiger partial charge in [0, 0.05) is 19.3 Å². The van der Waals surface area contributed by atoms with E-state index in [0.29, 0.717) is 18.9 Å². The SMILES string of the molecule is O=S(=O)(c1ccc(-n2nnc3ccccc32)nc1)N1CCCCC1. The normalized spacial score (nSPS) is 16.5. The lowest BCUT2D eigenvalue weighted by atomic mass is 10.2. The van der Waals surface area contributed by atoms with Gasteiger partial charge in [-0.05, 0) is 37.1 Å². The van der Waals surface area contributed by atoms with Gasteiger partial charge in [-0.3, -0.25) is 0 Å². The first kappa shape index (κ1) is 15.2. The second-order valence-electron chi connectivity index (χ2n) is 5.81. The fraction of sp³-hybridized carbons (Fsp3) is 0.312. The smallest absolute Gasteiger partial charge is 0.236 e. The van der Waals surface area contributed by atoms with Crippen LogP contribution in [0.2, 0.25) is 0 Å². The second kappa shape index (κ2) is 5.95. The molecule has 0 atom stereocenters. The number of para-hydroxylation sites is 1. The van der Waals surface area contributed by atoms with Crippen molar-refractivity contribution in [1.29, 1.82) is 0 Å². The number of aromatic nitrogens is 4. The topological polar surface area (TPSA) is 81.0 Å². The Balaban J connectivity index is 1.67.